The zero-order chi connectivity index (χ0) is 10.8. The first-order valence-corrected chi connectivity index (χ1v) is 5.39. The third-order valence-electron chi connectivity index (χ3n) is 2.92. The number of benzene rings is 1. The average Bonchev–Trinajstić information content (AvgIpc) is 2.70. The van der Waals surface area contributed by atoms with Crippen molar-refractivity contribution < 1.29 is 9.52 Å². The molecule has 0 radical (unpaired) electrons. The van der Waals surface area contributed by atoms with Crippen LogP contribution in [0.1, 0.15) is 32.1 Å². The van der Waals surface area contributed by atoms with Crippen LogP contribution in [0.3, 0.4) is 0 Å². The van der Waals surface area contributed by atoms with E-state index in [-0.39, 0.29) is 5.92 Å². The van der Waals surface area contributed by atoms with Crippen LogP contribution in [0, 0.1) is 5.92 Å². The average molecular weight is 204 g/mol. The van der Waals surface area contributed by atoms with Crippen molar-refractivity contribution in [3.63, 3.8) is 0 Å². The molecule has 1 aromatic heterocycles. The van der Waals surface area contributed by atoms with E-state index in [0.29, 0.717) is 5.76 Å². The van der Waals surface area contributed by atoms with Crippen molar-refractivity contribution in [2.75, 3.05) is 0 Å². The molecular weight excluding hydrogens is 188 g/mol. The van der Waals surface area contributed by atoms with Crippen molar-refractivity contribution in [2.24, 2.45) is 5.92 Å². The van der Waals surface area contributed by atoms with E-state index < -0.39 is 6.10 Å². The molecule has 2 nitrogen and oxygen atoms in total. The van der Waals surface area contributed by atoms with Gasteiger partial charge < -0.3 is 9.52 Å². The molecule has 1 aromatic carbocycles. The molecule has 2 unspecified atom stereocenters. The summed E-state index contributed by atoms with van der Waals surface area (Å²) in [5.41, 5.74) is 0.842. The Balaban J connectivity index is 2.36. The summed E-state index contributed by atoms with van der Waals surface area (Å²) < 4.78 is 5.60. The summed E-state index contributed by atoms with van der Waals surface area (Å²) in [7, 11) is 0. The maximum atomic E-state index is 10.00. The minimum absolute atomic E-state index is 0.227. The molecule has 15 heavy (non-hydrogen) atoms. The second kappa shape index (κ2) is 4.07. The predicted molar refractivity (Wildman–Crippen MR) is 60.6 cm³/mol. The lowest BCUT2D eigenvalue weighted by atomic mass is 10.00. The molecule has 80 valence electrons. The number of aliphatic hydroxyl groups excluding tert-OH is 1. The smallest absolute Gasteiger partial charge is 0.134 e. The third kappa shape index (κ3) is 1.90. The molecule has 1 N–H and O–H groups in total. The molecule has 2 rings (SSSR count). The lowest BCUT2D eigenvalue weighted by molar-refractivity contribution is 0.0941. The van der Waals surface area contributed by atoms with Crippen LogP contribution in [-0.2, 0) is 0 Å². The molecule has 2 aromatic rings. The quantitative estimate of drug-likeness (QED) is 0.829. The Morgan fingerprint density at radius 1 is 1.33 bits per heavy atom. The van der Waals surface area contributed by atoms with E-state index in [1.54, 1.807) is 0 Å². The molecule has 2 heteroatoms. The Hall–Kier alpha value is -1.28. The van der Waals surface area contributed by atoms with E-state index in [1.807, 2.05) is 37.3 Å². The summed E-state index contributed by atoms with van der Waals surface area (Å²) >= 11 is 0. The van der Waals surface area contributed by atoms with Crippen LogP contribution < -0.4 is 0 Å². The minimum atomic E-state index is -0.498. The summed E-state index contributed by atoms with van der Waals surface area (Å²) in [6.45, 7) is 4.09. The van der Waals surface area contributed by atoms with Crippen LogP contribution in [0.4, 0.5) is 0 Å². The van der Waals surface area contributed by atoms with Crippen molar-refractivity contribution in [2.45, 2.75) is 26.4 Å². The summed E-state index contributed by atoms with van der Waals surface area (Å²) in [6.07, 6.45) is 0.445. The maximum absolute atomic E-state index is 10.00. The molecular formula is C13H16O2. The van der Waals surface area contributed by atoms with Crippen LogP contribution in [0.2, 0.25) is 0 Å². The first kappa shape index (κ1) is 10.2. The van der Waals surface area contributed by atoms with E-state index in [9.17, 15) is 5.11 Å². The minimum Gasteiger partial charge on any atom is -0.458 e. The van der Waals surface area contributed by atoms with Gasteiger partial charge in [0.1, 0.15) is 17.4 Å². The first-order chi connectivity index (χ1) is 7.22. The fourth-order valence-corrected chi connectivity index (χ4v) is 1.65. The zero-order valence-corrected chi connectivity index (χ0v) is 9.10. The van der Waals surface area contributed by atoms with Gasteiger partial charge in [0.25, 0.3) is 0 Å². The molecule has 0 bridgehead atoms. The van der Waals surface area contributed by atoms with Crippen molar-refractivity contribution in [3.05, 3.63) is 36.1 Å². The van der Waals surface area contributed by atoms with Gasteiger partial charge in [0.15, 0.2) is 0 Å². The Labute approximate surface area is 89.5 Å². The number of fused-ring (bicyclic) bond motifs is 1. The number of aliphatic hydroxyl groups is 1. The molecule has 0 fully saturated rings. The Morgan fingerprint density at radius 3 is 2.73 bits per heavy atom. The second-order valence-corrected chi connectivity index (χ2v) is 4.02. The molecule has 0 amide bonds. The van der Waals surface area contributed by atoms with Gasteiger partial charge in [0.2, 0.25) is 0 Å². The SMILES string of the molecule is CCC(C)C(O)c1cc2ccccc2o1. The Bertz CT molecular complexity index is 411. The van der Waals surface area contributed by atoms with Gasteiger partial charge in [0.05, 0.1) is 0 Å². The molecule has 0 aliphatic heterocycles. The van der Waals surface area contributed by atoms with Gasteiger partial charge in [-0.1, -0.05) is 38.5 Å². The van der Waals surface area contributed by atoms with Gasteiger partial charge >= 0.3 is 0 Å². The second-order valence-electron chi connectivity index (χ2n) is 4.02. The molecule has 0 aliphatic rings. The van der Waals surface area contributed by atoms with Gasteiger partial charge in [0, 0.05) is 5.39 Å². The van der Waals surface area contributed by atoms with E-state index >= 15 is 0 Å². The van der Waals surface area contributed by atoms with Crippen molar-refractivity contribution in [3.8, 4) is 0 Å². The Morgan fingerprint density at radius 2 is 2.07 bits per heavy atom. The predicted octanol–water partition coefficient (Wildman–Crippen LogP) is 3.51. The monoisotopic (exact) mass is 204 g/mol. The fourth-order valence-electron chi connectivity index (χ4n) is 1.65. The first-order valence-electron chi connectivity index (χ1n) is 5.39. The zero-order valence-electron chi connectivity index (χ0n) is 9.10. The van der Waals surface area contributed by atoms with Crippen molar-refractivity contribution in [1.29, 1.82) is 0 Å². The highest BCUT2D eigenvalue weighted by molar-refractivity contribution is 5.77. The summed E-state index contributed by atoms with van der Waals surface area (Å²) in [5.74, 6) is 0.899. The number of para-hydroxylation sites is 1. The molecule has 0 spiro atoms. The number of rotatable bonds is 3. The van der Waals surface area contributed by atoms with Crippen LogP contribution in [0.25, 0.3) is 11.0 Å². The number of hydrogen-bond donors (Lipinski definition) is 1. The van der Waals surface area contributed by atoms with Gasteiger partial charge in [-0.3, -0.25) is 0 Å². The van der Waals surface area contributed by atoms with E-state index in [1.165, 1.54) is 0 Å². The molecule has 1 heterocycles. The number of furan rings is 1. The maximum Gasteiger partial charge on any atom is 0.134 e. The summed E-state index contributed by atoms with van der Waals surface area (Å²) in [4.78, 5) is 0. The van der Waals surface area contributed by atoms with E-state index in [0.717, 1.165) is 17.4 Å². The van der Waals surface area contributed by atoms with Gasteiger partial charge in [-0.2, -0.15) is 0 Å². The fraction of sp³-hybridized carbons (Fsp3) is 0.385. The standard InChI is InChI=1S/C13H16O2/c1-3-9(2)13(14)12-8-10-6-4-5-7-11(10)15-12/h4-9,13-14H,3H2,1-2H3. The molecule has 2 atom stereocenters. The lowest BCUT2D eigenvalue weighted by Gasteiger charge is -2.13. The van der Waals surface area contributed by atoms with Crippen LogP contribution >= 0.6 is 0 Å². The topological polar surface area (TPSA) is 33.4 Å². The van der Waals surface area contributed by atoms with Crippen LogP contribution in [0.5, 0.6) is 0 Å². The van der Waals surface area contributed by atoms with Crippen molar-refractivity contribution >= 4 is 11.0 Å². The lowest BCUT2D eigenvalue weighted by Crippen LogP contribution is -2.06. The van der Waals surface area contributed by atoms with Gasteiger partial charge in [-0.05, 0) is 18.1 Å². The van der Waals surface area contributed by atoms with Gasteiger partial charge in [-0.15, -0.1) is 0 Å². The van der Waals surface area contributed by atoms with E-state index in [2.05, 4.69) is 6.92 Å². The molecule has 0 saturated heterocycles. The summed E-state index contributed by atoms with van der Waals surface area (Å²) in [5, 5.41) is 11.0. The highest BCUT2D eigenvalue weighted by Crippen LogP contribution is 2.29. The third-order valence-corrected chi connectivity index (χ3v) is 2.92. The molecule has 0 saturated carbocycles. The van der Waals surface area contributed by atoms with Crippen LogP contribution in [-0.4, -0.2) is 5.11 Å². The highest BCUT2D eigenvalue weighted by Gasteiger charge is 2.18. The van der Waals surface area contributed by atoms with Gasteiger partial charge in [-0.25, -0.2) is 0 Å². The largest absolute Gasteiger partial charge is 0.458 e. The Kier molecular flexibility index (Phi) is 2.78. The summed E-state index contributed by atoms with van der Waals surface area (Å²) in [6, 6.07) is 9.74. The van der Waals surface area contributed by atoms with E-state index in [4.69, 9.17) is 4.42 Å². The van der Waals surface area contributed by atoms with Crippen molar-refractivity contribution in [1.82, 2.24) is 0 Å². The molecule has 0 aliphatic carbocycles. The van der Waals surface area contributed by atoms with Crippen LogP contribution in [0.15, 0.2) is 34.7 Å². The normalized spacial score (nSPS) is 15.4. The number of hydrogen-bond acceptors (Lipinski definition) is 2. The highest BCUT2D eigenvalue weighted by atomic mass is 16.4.